The van der Waals surface area contributed by atoms with Gasteiger partial charge in [0.1, 0.15) is 0 Å². The SMILES string of the molecule is CN1c2c(ccc3ccccc23)C(C)(C)[C@]12C=C(c1ccccc1)C=C(c1ccc(Br)cc1)[C@@H]2C(=O)c1ccccc1. The molecule has 2 atom stereocenters. The van der Waals surface area contributed by atoms with E-state index in [-0.39, 0.29) is 5.78 Å². The zero-order valence-corrected chi connectivity index (χ0v) is 25.6. The molecule has 1 spiro atoms. The van der Waals surface area contributed by atoms with Crippen molar-refractivity contribution in [3.8, 4) is 0 Å². The number of ketones is 1. The van der Waals surface area contributed by atoms with Crippen LogP contribution in [0.1, 0.15) is 40.9 Å². The molecule has 1 heterocycles. The number of allylic oxidation sites excluding steroid dienone is 2. The molecule has 0 amide bonds. The first-order valence-corrected chi connectivity index (χ1v) is 15.2. The smallest absolute Gasteiger partial charge is 0.173 e. The Morgan fingerprint density at radius 2 is 1.38 bits per heavy atom. The molecule has 0 saturated heterocycles. The van der Waals surface area contributed by atoms with Gasteiger partial charge in [0.25, 0.3) is 0 Å². The summed E-state index contributed by atoms with van der Waals surface area (Å²) >= 11 is 3.62. The van der Waals surface area contributed by atoms with Crippen LogP contribution in [0, 0.1) is 5.92 Å². The third-order valence-corrected chi connectivity index (χ3v) is 10.0. The van der Waals surface area contributed by atoms with Crippen LogP contribution in [0.25, 0.3) is 21.9 Å². The Labute approximate surface area is 256 Å². The number of Topliss-reactive ketones (excluding diaryl/α,β-unsaturated/α-hetero) is 1. The van der Waals surface area contributed by atoms with Crippen LogP contribution in [0.5, 0.6) is 0 Å². The van der Waals surface area contributed by atoms with Gasteiger partial charge in [-0.05, 0) is 57.5 Å². The largest absolute Gasteiger partial charge is 0.363 e. The normalized spacial score (nSPS) is 20.8. The minimum Gasteiger partial charge on any atom is -0.363 e. The highest BCUT2D eigenvalue weighted by molar-refractivity contribution is 9.10. The highest BCUT2D eigenvalue weighted by atomic mass is 79.9. The fourth-order valence-corrected chi connectivity index (χ4v) is 7.69. The number of fused-ring (bicyclic) bond motifs is 3. The molecule has 3 heteroatoms. The Balaban J connectivity index is 1.57. The molecule has 1 aliphatic carbocycles. The third-order valence-electron chi connectivity index (χ3n) is 9.51. The lowest BCUT2D eigenvalue weighted by Crippen LogP contribution is -2.61. The molecule has 0 aromatic heterocycles. The van der Waals surface area contributed by atoms with Crippen molar-refractivity contribution in [3.05, 3.63) is 160 Å². The Hall–Kier alpha value is -4.21. The molecule has 42 heavy (non-hydrogen) atoms. The molecular formula is C39H32BrNO. The number of nitrogens with zero attached hydrogens (tertiary/aromatic N) is 1. The Bertz CT molecular complexity index is 1890. The van der Waals surface area contributed by atoms with Gasteiger partial charge in [0, 0.05) is 33.6 Å². The minimum atomic E-state index is -0.686. The first-order valence-electron chi connectivity index (χ1n) is 14.4. The van der Waals surface area contributed by atoms with Crippen LogP contribution in [0.15, 0.2) is 138 Å². The second-order valence-corrected chi connectivity index (χ2v) is 12.8. The van der Waals surface area contributed by atoms with Crippen molar-refractivity contribution in [2.75, 3.05) is 11.9 Å². The van der Waals surface area contributed by atoms with E-state index in [2.05, 4.69) is 145 Å². The zero-order valence-electron chi connectivity index (χ0n) is 24.0. The van der Waals surface area contributed by atoms with Crippen LogP contribution >= 0.6 is 15.9 Å². The maximum atomic E-state index is 15.0. The number of hydrogen-bond acceptors (Lipinski definition) is 2. The summed E-state index contributed by atoms with van der Waals surface area (Å²) in [5, 5.41) is 2.41. The van der Waals surface area contributed by atoms with Crippen LogP contribution < -0.4 is 4.90 Å². The standard InChI is InChI=1S/C39H32BrNO/c1-38(2)34-23-20-27-14-10-11-17-32(27)36(34)41(3)39(38)25-30(26-12-6-4-7-13-26)24-33(28-18-21-31(40)22-19-28)35(39)37(42)29-15-8-5-9-16-29/h4-25,35H,1-3H3/t35-,39-/m1/s1. The van der Waals surface area contributed by atoms with Crippen molar-refractivity contribution < 1.29 is 4.79 Å². The molecule has 2 nitrogen and oxygen atoms in total. The van der Waals surface area contributed by atoms with Gasteiger partial charge in [-0.15, -0.1) is 0 Å². The van der Waals surface area contributed by atoms with Crippen LogP contribution in [0.2, 0.25) is 0 Å². The summed E-state index contributed by atoms with van der Waals surface area (Å²) in [7, 11) is 2.19. The topological polar surface area (TPSA) is 20.3 Å². The van der Waals surface area contributed by atoms with Crippen molar-refractivity contribution >= 4 is 49.3 Å². The van der Waals surface area contributed by atoms with Crippen molar-refractivity contribution in [3.63, 3.8) is 0 Å². The maximum Gasteiger partial charge on any atom is 0.173 e. The first-order chi connectivity index (χ1) is 20.3. The predicted octanol–water partition coefficient (Wildman–Crippen LogP) is 9.75. The second kappa shape index (κ2) is 9.96. The first kappa shape index (κ1) is 26.7. The Morgan fingerprint density at radius 3 is 2.10 bits per heavy atom. The van der Waals surface area contributed by atoms with Gasteiger partial charge in [-0.3, -0.25) is 4.79 Å². The van der Waals surface area contributed by atoms with Crippen molar-refractivity contribution in [1.29, 1.82) is 0 Å². The molecule has 0 unspecified atom stereocenters. The maximum absolute atomic E-state index is 15.0. The fourth-order valence-electron chi connectivity index (χ4n) is 7.42. The summed E-state index contributed by atoms with van der Waals surface area (Å²) in [6, 6.07) is 41.9. The van der Waals surface area contributed by atoms with E-state index in [1.807, 2.05) is 30.3 Å². The molecule has 0 saturated carbocycles. The van der Waals surface area contributed by atoms with Gasteiger partial charge in [0.05, 0.1) is 11.5 Å². The lowest BCUT2D eigenvalue weighted by Gasteiger charge is -2.52. The lowest BCUT2D eigenvalue weighted by atomic mass is 9.57. The second-order valence-electron chi connectivity index (χ2n) is 11.9. The van der Waals surface area contributed by atoms with E-state index in [0.717, 1.165) is 32.3 Å². The molecule has 5 aromatic rings. The van der Waals surface area contributed by atoms with Crippen molar-refractivity contribution in [2.45, 2.75) is 24.8 Å². The number of likely N-dealkylation sites (N-methyl/N-ethyl adjacent to an activating group) is 1. The molecule has 2 aliphatic rings. The fraction of sp³-hybridized carbons (Fsp3) is 0.154. The van der Waals surface area contributed by atoms with Crippen LogP contribution in [0.3, 0.4) is 0 Å². The molecule has 7 rings (SSSR count). The highest BCUT2D eigenvalue weighted by Crippen LogP contribution is 2.61. The summed E-state index contributed by atoms with van der Waals surface area (Å²) < 4.78 is 1.01. The number of carbonyl (C=O) groups excluding carboxylic acids is 1. The van der Waals surface area contributed by atoms with Crippen molar-refractivity contribution in [2.24, 2.45) is 5.92 Å². The molecule has 0 fully saturated rings. The van der Waals surface area contributed by atoms with Crippen LogP contribution in [-0.4, -0.2) is 18.4 Å². The number of benzene rings is 5. The number of anilines is 1. The van der Waals surface area contributed by atoms with Gasteiger partial charge in [-0.2, -0.15) is 0 Å². The molecule has 0 N–H and O–H groups in total. The van der Waals surface area contributed by atoms with Crippen LogP contribution in [-0.2, 0) is 5.41 Å². The summed E-state index contributed by atoms with van der Waals surface area (Å²) in [5.74, 6) is -0.329. The molecule has 206 valence electrons. The average Bonchev–Trinajstić information content (AvgIpc) is 3.19. The summed E-state index contributed by atoms with van der Waals surface area (Å²) in [4.78, 5) is 17.4. The molecule has 5 aromatic carbocycles. The number of carbonyl (C=O) groups is 1. The predicted molar refractivity (Wildman–Crippen MR) is 179 cm³/mol. The quantitative estimate of drug-likeness (QED) is 0.189. The summed E-state index contributed by atoms with van der Waals surface area (Å²) in [6.45, 7) is 4.64. The zero-order chi connectivity index (χ0) is 29.1. The van der Waals surface area contributed by atoms with E-state index in [9.17, 15) is 4.79 Å². The van der Waals surface area contributed by atoms with Gasteiger partial charge < -0.3 is 4.90 Å². The Kier molecular flexibility index (Phi) is 6.32. The summed E-state index contributed by atoms with van der Waals surface area (Å²) in [5.41, 5.74) is 6.45. The van der Waals surface area contributed by atoms with Gasteiger partial charge in [0.15, 0.2) is 5.78 Å². The Morgan fingerprint density at radius 1 is 0.738 bits per heavy atom. The lowest BCUT2D eigenvalue weighted by molar-refractivity contribution is 0.0885. The van der Waals surface area contributed by atoms with E-state index >= 15 is 0 Å². The minimum absolute atomic E-state index is 0.130. The van der Waals surface area contributed by atoms with Crippen molar-refractivity contribution in [1.82, 2.24) is 0 Å². The van der Waals surface area contributed by atoms with E-state index < -0.39 is 16.9 Å². The van der Waals surface area contributed by atoms with Gasteiger partial charge >= 0.3 is 0 Å². The average molecular weight is 611 g/mol. The van der Waals surface area contributed by atoms with Gasteiger partial charge in [-0.1, -0.05) is 139 Å². The number of halogens is 1. The van der Waals surface area contributed by atoms with E-state index in [1.54, 1.807) is 0 Å². The molecule has 0 bridgehead atoms. The van der Waals surface area contributed by atoms with Gasteiger partial charge in [0.2, 0.25) is 0 Å². The van der Waals surface area contributed by atoms with E-state index in [0.29, 0.717) is 0 Å². The molecule has 0 radical (unpaired) electrons. The molecular weight excluding hydrogens is 578 g/mol. The third kappa shape index (κ3) is 3.87. The monoisotopic (exact) mass is 609 g/mol. The number of rotatable bonds is 4. The van der Waals surface area contributed by atoms with Gasteiger partial charge in [-0.25, -0.2) is 0 Å². The molecule has 1 aliphatic heterocycles. The number of hydrogen-bond donors (Lipinski definition) is 0. The highest BCUT2D eigenvalue weighted by Gasteiger charge is 2.62. The van der Waals surface area contributed by atoms with Crippen LogP contribution in [0.4, 0.5) is 5.69 Å². The van der Waals surface area contributed by atoms with E-state index in [1.165, 1.54) is 22.0 Å². The van der Waals surface area contributed by atoms with E-state index in [4.69, 9.17) is 0 Å². The summed E-state index contributed by atoms with van der Waals surface area (Å²) in [6.07, 6.45) is 4.64.